The van der Waals surface area contributed by atoms with E-state index >= 15 is 0 Å². The molecule has 88 valence electrons. The van der Waals surface area contributed by atoms with Gasteiger partial charge >= 0.3 is 0 Å². The number of hydrogen-bond acceptors (Lipinski definition) is 3. The van der Waals surface area contributed by atoms with Crippen LogP contribution in [-0.2, 0) is 14.3 Å². The van der Waals surface area contributed by atoms with Gasteiger partial charge in [0, 0.05) is 12.5 Å². The fourth-order valence-electron chi connectivity index (χ4n) is 1.96. The number of rotatable bonds is 5. The van der Waals surface area contributed by atoms with Crippen molar-refractivity contribution in [3.05, 3.63) is 0 Å². The molecule has 1 aliphatic rings. The lowest BCUT2D eigenvalue weighted by Crippen LogP contribution is -2.35. The molecule has 1 aliphatic heterocycles. The normalized spacial score (nSPS) is 26.3. The highest BCUT2D eigenvalue weighted by Gasteiger charge is 2.26. The van der Waals surface area contributed by atoms with Crippen molar-refractivity contribution >= 4 is 6.29 Å². The van der Waals surface area contributed by atoms with Gasteiger partial charge in [-0.3, -0.25) is 0 Å². The number of hydrogen-bond donors (Lipinski definition) is 0. The van der Waals surface area contributed by atoms with Crippen LogP contribution in [0.5, 0.6) is 0 Å². The van der Waals surface area contributed by atoms with Gasteiger partial charge in [-0.2, -0.15) is 0 Å². The van der Waals surface area contributed by atoms with Gasteiger partial charge in [-0.1, -0.05) is 20.8 Å². The quantitative estimate of drug-likeness (QED) is 0.659. The Hall–Kier alpha value is -0.410. The molecular weight excluding hydrogens is 192 g/mol. The first-order valence-electron chi connectivity index (χ1n) is 5.87. The van der Waals surface area contributed by atoms with E-state index in [1.54, 1.807) is 0 Å². The van der Waals surface area contributed by atoms with Crippen LogP contribution in [0.2, 0.25) is 0 Å². The summed E-state index contributed by atoms with van der Waals surface area (Å²) in [7, 11) is 0. The smallest absolute Gasteiger partial charge is 0.157 e. The summed E-state index contributed by atoms with van der Waals surface area (Å²) in [4.78, 5) is 10.8. The molecule has 0 N–H and O–H groups in total. The maximum atomic E-state index is 10.8. The van der Waals surface area contributed by atoms with E-state index in [0.29, 0.717) is 5.92 Å². The number of carbonyl (C=O) groups is 1. The second kappa shape index (κ2) is 6.23. The maximum absolute atomic E-state index is 10.8. The fraction of sp³-hybridized carbons (Fsp3) is 0.917. The monoisotopic (exact) mass is 214 g/mol. The van der Waals surface area contributed by atoms with Crippen molar-refractivity contribution in [1.82, 2.24) is 0 Å². The van der Waals surface area contributed by atoms with Gasteiger partial charge in [0.05, 0.1) is 6.10 Å². The molecule has 1 fully saturated rings. The first-order chi connectivity index (χ1) is 7.15. The topological polar surface area (TPSA) is 35.5 Å². The molecule has 0 aromatic heterocycles. The molecule has 0 aromatic carbocycles. The standard InChI is InChI=1S/C12H22O3/c1-9(2)12(10(3)8-13)15-11-6-4-5-7-14-11/h8-12H,4-7H2,1-3H3/t10-,11-,12+/m0/s1. The zero-order valence-corrected chi connectivity index (χ0v) is 9.94. The van der Waals surface area contributed by atoms with E-state index in [9.17, 15) is 4.79 Å². The second-order valence-electron chi connectivity index (χ2n) is 4.64. The predicted molar refractivity (Wildman–Crippen MR) is 58.5 cm³/mol. The van der Waals surface area contributed by atoms with E-state index in [1.165, 1.54) is 0 Å². The molecule has 0 amide bonds. The lowest BCUT2D eigenvalue weighted by Gasteiger charge is -2.31. The van der Waals surface area contributed by atoms with E-state index < -0.39 is 0 Å². The highest BCUT2D eigenvalue weighted by atomic mass is 16.7. The SMILES string of the molecule is CC(C)[C@@H](O[C@H]1CCCCO1)[C@@H](C)C=O. The van der Waals surface area contributed by atoms with E-state index in [-0.39, 0.29) is 18.3 Å². The van der Waals surface area contributed by atoms with Gasteiger partial charge in [-0.15, -0.1) is 0 Å². The lowest BCUT2D eigenvalue weighted by molar-refractivity contribution is -0.204. The molecular formula is C12H22O3. The summed E-state index contributed by atoms with van der Waals surface area (Å²) in [6.45, 7) is 6.84. The van der Waals surface area contributed by atoms with Gasteiger partial charge in [-0.05, 0) is 25.2 Å². The van der Waals surface area contributed by atoms with Crippen LogP contribution >= 0.6 is 0 Å². The van der Waals surface area contributed by atoms with Crippen LogP contribution in [0.4, 0.5) is 0 Å². The van der Waals surface area contributed by atoms with Gasteiger partial charge in [0.2, 0.25) is 0 Å². The van der Waals surface area contributed by atoms with Crippen molar-refractivity contribution < 1.29 is 14.3 Å². The van der Waals surface area contributed by atoms with Gasteiger partial charge in [-0.25, -0.2) is 0 Å². The third kappa shape index (κ3) is 3.92. The van der Waals surface area contributed by atoms with Crippen LogP contribution in [0.3, 0.4) is 0 Å². The molecule has 0 bridgehead atoms. The average Bonchev–Trinajstić information content (AvgIpc) is 2.26. The van der Waals surface area contributed by atoms with E-state index in [2.05, 4.69) is 13.8 Å². The van der Waals surface area contributed by atoms with Crippen LogP contribution < -0.4 is 0 Å². The van der Waals surface area contributed by atoms with Crippen LogP contribution in [0.1, 0.15) is 40.0 Å². The van der Waals surface area contributed by atoms with E-state index in [0.717, 1.165) is 32.2 Å². The molecule has 1 saturated heterocycles. The molecule has 0 spiro atoms. The highest BCUT2D eigenvalue weighted by molar-refractivity contribution is 5.53. The summed E-state index contributed by atoms with van der Waals surface area (Å²) in [5.74, 6) is 0.284. The zero-order valence-electron chi connectivity index (χ0n) is 9.94. The van der Waals surface area contributed by atoms with Crippen LogP contribution in [-0.4, -0.2) is 25.3 Å². The van der Waals surface area contributed by atoms with Gasteiger partial charge in [0.25, 0.3) is 0 Å². The highest BCUT2D eigenvalue weighted by Crippen LogP contribution is 2.22. The number of aldehydes is 1. The van der Waals surface area contributed by atoms with Crippen LogP contribution in [0.25, 0.3) is 0 Å². The zero-order chi connectivity index (χ0) is 11.3. The fourth-order valence-corrected chi connectivity index (χ4v) is 1.96. The molecule has 1 rings (SSSR count). The van der Waals surface area contributed by atoms with Crippen molar-refractivity contribution in [3.63, 3.8) is 0 Å². The molecule has 0 aliphatic carbocycles. The Morgan fingerprint density at radius 2 is 2.07 bits per heavy atom. The first-order valence-corrected chi connectivity index (χ1v) is 5.87. The summed E-state index contributed by atoms with van der Waals surface area (Å²) < 4.78 is 11.4. The summed E-state index contributed by atoms with van der Waals surface area (Å²) in [6, 6.07) is 0. The molecule has 0 radical (unpaired) electrons. The Bertz CT molecular complexity index is 185. The molecule has 0 saturated carbocycles. The average molecular weight is 214 g/mol. The summed E-state index contributed by atoms with van der Waals surface area (Å²) in [5, 5.41) is 0. The molecule has 0 aromatic rings. The van der Waals surface area contributed by atoms with Crippen molar-refractivity contribution in [2.45, 2.75) is 52.4 Å². The Kier molecular flexibility index (Phi) is 5.26. The second-order valence-corrected chi connectivity index (χ2v) is 4.64. The Morgan fingerprint density at radius 1 is 1.33 bits per heavy atom. The largest absolute Gasteiger partial charge is 0.353 e. The minimum absolute atomic E-state index is 0.0226. The first kappa shape index (κ1) is 12.7. The minimum Gasteiger partial charge on any atom is -0.353 e. The van der Waals surface area contributed by atoms with Gasteiger partial charge in [0.15, 0.2) is 6.29 Å². The van der Waals surface area contributed by atoms with Crippen molar-refractivity contribution in [3.8, 4) is 0 Å². The van der Waals surface area contributed by atoms with Gasteiger partial charge in [0.1, 0.15) is 6.29 Å². The third-order valence-corrected chi connectivity index (χ3v) is 2.84. The van der Waals surface area contributed by atoms with Crippen molar-refractivity contribution in [2.24, 2.45) is 11.8 Å². The molecule has 3 nitrogen and oxygen atoms in total. The molecule has 1 heterocycles. The minimum atomic E-state index is -0.103. The predicted octanol–water partition coefficient (Wildman–Crippen LogP) is 2.39. The summed E-state index contributed by atoms with van der Waals surface area (Å²) >= 11 is 0. The number of ether oxygens (including phenoxy) is 2. The maximum Gasteiger partial charge on any atom is 0.157 e. The summed E-state index contributed by atoms with van der Waals surface area (Å²) in [6.07, 6.45) is 4.07. The molecule has 3 heteroatoms. The van der Waals surface area contributed by atoms with E-state index in [1.807, 2.05) is 6.92 Å². The van der Waals surface area contributed by atoms with Crippen molar-refractivity contribution in [1.29, 1.82) is 0 Å². The summed E-state index contributed by atoms with van der Waals surface area (Å²) in [5.41, 5.74) is 0. The van der Waals surface area contributed by atoms with Crippen LogP contribution in [0.15, 0.2) is 0 Å². The Morgan fingerprint density at radius 3 is 2.53 bits per heavy atom. The third-order valence-electron chi connectivity index (χ3n) is 2.84. The van der Waals surface area contributed by atoms with Crippen molar-refractivity contribution in [2.75, 3.05) is 6.61 Å². The molecule has 15 heavy (non-hydrogen) atoms. The number of carbonyl (C=O) groups excluding carboxylic acids is 1. The lowest BCUT2D eigenvalue weighted by atomic mass is 9.96. The van der Waals surface area contributed by atoms with E-state index in [4.69, 9.17) is 9.47 Å². The Labute approximate surface area is 92.1 Å². The van der Waals surface area contributed by atoms with Crippen LogP contribution in [0, 0.1) is 11.8 Å². The molecule has 0 unspecified atom stereocenters. The molecule has 3 atom stereocenters. The Balaban J connectivity index is 2.45. The van der Waals surface area contributed by atoms with Gasteiger partial charge < -0.3 is 14.3 Å².